The van der Waals surface area contributed by atoms with E-state index in [9.17, 15) is 9.90 Å². The Morgan fingerprint density at radius 3 is 2.47 bits per heavy atom. The van der Waals surface area contributed by atoms with Gasteiger partial charge < -0.3 is 9.84 Å². The number of phenols is 1. The second kappa shape index (κ2) is 12.6. The van der Waals surface area contributed by atoms with Crippen LogP contribution in [0.5, 0.6) is 11.5 Å². The number of carbonyl (C=O) groups is 1. The number of aryl methyl sites for hydroxylation is 1. The number of allylic oxidation sites excluding steroid dienone is 3. The van der Waals surface area contributed by atoms with Gasteiger partial charge in [0.2, 0.25) is 0 Å². The predicted octanol–water partition coefficient (Wildman–Crippen LogP) is 6.89. The maximum atomic E-state index is 12.8. The lowest BCUT2D eigenvalue weighted by molar-refractivity contribution is -0.136. The van der Waals surface area contributed by atoms with Crippen LogP contribution < -0.4 is 4.74 Å². The number of ether oxygens (including phenoxy) is 1. The highest BCUT2D eigenvalue weighted by Gasteiger charge is 2.25. The van der Waals surface area contributed by atoms with Gasteiger partial charge in [0.25, 0.3) is 0 Å². The average Bonchev–Trinajstić information content (AvgIpc) is 2.80. The molecule has 2 aromatic rings. The Kier molecular flexibility index (Phi) is 9.52. The first kappa shape index (κ1) is 25.8. The first-order valence-electron chi connectivity index (χ1n) is 12.5. The number of piperidine rings is 1. The van der Waals surface area contributed by atoms with Gasteiger partial charge in [-0.05, 0) is 95.1 Å². The smallest absolute Gasteiger partial charge is 0.325 e. The van der Waals surface area contributed by atoms with E-state index >= 15 is 0 Å². The van der Waals surface area contributed by atoms with Gasteiger partial charge in [0.15, 0.2) is 0 Å². The maximum absolute atomic E-state index is 12.8. The minimum atomic E-state index is -0.249. The highest BCUT2D eigenvalue weighted by atomic mass is 16.5. The van der Waals surface area contributed by atoms with Crippen LogP contribution in [0.3, 0.4) is 0 Å². The van der Waals surface area contributed by atoms with Crippen molar-refractivity contribution in [1.29, 1.82) is 0 Å². The average molecular weight is 462 g/mol. The summed E-state index contributed by atoms with van der Waals surface area (Å²) in [6.07, 6.45) is 9.21. The van der Waals surface area contributed by atoms with Gasteiger partial charge in [0.05, 0.1) is 6.54 Å². The second-order valence-electron chi connectivity index (χ2n) is 9.55. The molecule has 0 spiro atoms. The normalized spacial score (nSPS) is 18.9. The third-order valence-corrected chi connectivity index (χ3v) is 6.64. The molecule has 0 aromatic heterocycles. The van der Waals surface area contributed by atoms with Crippen LogP contribution in [0.4, 0.5) is 0 Å². The molecule has 1 heterocycles. The quantitative estimate of drug-likeness (QED) is 0.299. The van der Waals surface area contributed by atoms with Crippen LogP contribution in [0, 0.1) is 6.92 Å². The molecule has 2 aliphatic rings. The lowest BCUT2D eigenvalue weighted by atomic mass is 9.85. The van der Waals surface area contributed by atoms with Gasteiger partial charge >= 0.3 is 5.97 Å². The number of hydrogen-bond acceptors (Lipinski definition) is 4. The number of carbonyl (C=O) groups excluding carboxylic acids is 1. The van der Waals surface area contributed by atoms with Crippen LogP contribution in [0.15, 0.2) is 66.8 Å². The summed E-state index contributed by atoms with van der Waals surface area (Å²) in [5.74, 6) is 1.15. The van der Waals surface area contributed by atoms with Crippen molar-refractivity contribution >= 4 is 5.97 Å². The van der Waals surface area contributed by atoms with Crippen molar-refractivity contribution in [2.75, 3.05) is 19.6 Å². The minimum Gasteiger partial charge on any atom is -0.507 e. The van der Waals surface area contributed by atoms with Crippen molar-refractivity contribution in [2.45, 2.75) is 64.7 Å². The fourth-order valence-corrected chi connectivity index (χ4v) is 5.03. The first-order valence-corrected chi connectivity index (χ1v) is 12.5. The van der Waals surface area contributed by atoms with Crippen molar-refractivity contribution < 1.29 is 14.6 Å². The summed E-state index contributed by atoms with van der Waals surface area (Å²) in [7, 11) is 0. The molecule has 182 valence electrons. The van der Waals surface area contributed by atoms with E-state index in [1.165, 1.54) is 11.1 Å². The number of esters is 1. The van der Waals surface area contributed by atoms with E-state index in [1.807, 2.05) is 19.9 Å². The van der Waals surface area contributed by atoms with E-state index in [-0.39, 0.29) is 24.2 Å². The Labute approximate surface area is 205 Å². The molecule has 1 aliphatic carbocycles. The zero-order valence-corrected chi connectivity index (χ0v) is 20.9. The van der Waals surface area contributed by atoms with E-state index in [0.29, 0.717) is 11.7 Å². The van der Waals surface area contributed by atoms with Crippen LogP contribution in [-0.4, -0.2) is 35.6 Å². The summed E-state index contributed by atoms with van der Waals surface area (Å²) in [5.41, 5.74) is 4.36. The molecule has 0 bridgehead atoms. The zero-order valence-electron chi connectivity index (χ0n) is 20.9. The third kappa shape index (κ3) is 7.07. The van der Waals surface area contributed by atoms with Gasteiger partial charge in [-0.25, -0.2) is 0 Å². The van der Waals surface area contributed by atoms with E-state index in [0.717, 1.165) is 56.3 Å². The fourth-order valence-electron chi connectivity index (χ4n) is 5.03. The number of rotatable bonds is 5. The fraction of sp³-hybridized carbons (Fsp3) is 0.433. The van der Waals surface area contributed by atoms with Crippen LogP contribution in [0.2, 0.25) is 0 Å². The highest BCUT2D eigenvalue weighted by Crippen LogP contribution is 2.42. The van der Waals surface area contributed by atoms with Crippen LogP contribution in [-0.2, 0) is 4.79 Å². The monoisotopic (exact) mass is 461 g/mol. The number of phenolic OH excluding ortho intramolecular Hbond substituents is 1. The lowest BCUT2D eigenvalue weighted by Gasteiger charge is -2.31. The lowest BCUT2D eigenvalue weighted by Crippen LogP contribution is -2.38. The molecule has 1 aliphatic heterocycles. The predicted molar refractivity (Wildman–Crippen MR) is 140 cm³/mol. The number of hydrogen-bond donors (Lipinski definition) is 1. The number of likely N-dealkylation sites (tertiary alicyclic amines) is 1. The van der Waals surface area contributed by atoms with Gasteiger partial charge in [-0.1, -0.05) is 48.1 Å². The summed E-state index contributed by atoms with van der Waals surface area (Å²) in [6, 6.07) is 14.3. The Hall–Kier alpha value is -2.85. The molecule has 1 N–H and O–H groups in total. The summed E-state index contributed by atoms with van der Waals surface area (Å²) in [6.45, 7) is 11.4. The molecule has 4 rings (SSSR count). The molecular weight excluding hydrogens is 422 g/mol. The van der Waals surface area contributed by atoms with Crippen molar-refractivity contribution in [3.63, 3.8) is 0 Å². The molecule has 4 heteroatoms. The minimum absolute atomic E-state index is 0.0961. The van der Waals surface area contributed by atoms with Crippen LogP contribution in [0.1, 0.15) is 74.5 Å². The molecule has 4 nitrogen and oxygen atoms in total. The molecule has 2 aromatic carbocycles. The molecule has 0 saturated carbocycles. The molecule has 0 amide bonds. The first-order chi connectivity index (χ1) is 16.4. The molecule has 1 atom stereocenters. The molecular formula is C30H39NO3. The Balaban J connectivity index is 0.00000103. The highest BCUT2D eigenvalue weighted by molar-refractivity contribution is 5.75. The van der Waals surface area contributed by atoms with Crippen molar-refractivity contribution in [2.24, 2.45) is 0 Å². The van der Waals surface area contributed by atoms with Crippen molar-refractivity contribution in [1.82, 2.24) is 4.90 Å². The van der Waals surface area contributed by atoms with Crippen LogP contribution >= 0.6 is 0 Å². The van der Waals surface area contributed by atoms with Crippen molar-refractivity contribution in [3.05, 3.63) is 83.5 Å². The largest absolute Gasteiger partial charge is 0.507 e. The zero-order chi connectivity index (χ0) is 24.5. The summed E-state index contributed by atoms with van der Waals surface area (Å²) in [5, 5.41) is 10.7. The van der Waals surface area contributed by atoms with Crippen LogP contribution in [0.25, 0.3) is 0 Å². The van der Waals surface area contributed by atoms with Gasteiger partial charge in [0.1, 0.15) is 11.5 Å². The van der Waals surface area contributed by atoms with Gasteiger partial charge in [-0.3, -0.25) is 9.69 Å². The Morgan fingerprint density at radius 1 is 1.15 bits per heavy atom. The molecule has 0 radical (unpaired) electrons. The van der Waals surface area contributed by atoms with E-state index in [2.05, 4.69) is 54.8 Å². The second-order valence-corrected chi connectivity index (χ2v) is 9.55. The van der Waals surface area contributed by atoms with Gasteiger partial charge in [0, 0.05) is 11.5 Å². The molecule has 1 fully saturated rings. The topological polar surface area (TPSA) is 49.8 Å². The van der Waals surface area contributed by atoms with Gasteiger partial charge in [-0.15, -0.1) is 6.58 Å². The Morgan fingerprint density at radius 2 is 1.82 bits per heavy atom. The van der Waals surface area contributed by atoms with E-state index in [1.54, 1.807) is 12.1 Å². The summed E-state index contributed by atoms with van der Waals surface area (Å²) >= 11 is 0. The maximum Gasteiger partial charge on any atom is 0.325 e. The number of benzene rings is 2. The summed E-state index contributed by atoms with van der Waals surface area (Å²) in [4.78, 5) is 15.0. The summed E-state index contributed by atoms with van der Waals surface area (Å²) < 4.78 is 5.84. The molecule has 1 unspecified atom stereocenters. The van der Waals surface area contributed by atoms with E-state index < -0.39 is 0 Å². The van der Waals surface area contributed by atoms with E-state index in [4.69, 9.17) is 4.74 Å². The SMILES string of the molecule is C=CC.CC1=CC(c2c(O)cc(C)cc2OC(=O)CN2CCC(c3ccccc3)CC2)CCC1. The van der Waals surface area contributed by atoms with Crippen molar-refractivity contribution in [3.8, 4) is 11.5 Å². The number of nitrogens with zero attached hydrogens (tertiary/aromatic N) is 1. The standard InChI is InChI=1S/C27H33NO3.C3H6/c1-19-7-6-10-23(15-19)27-24(29)16-20(2)17-25(27)31-26(30)18-28-13-11-22(12-14-28)21-8-4-3-5-9-21;1-3-2/h3-5,8-9,15-17,22-23,29H,6-7,10-14,18H2,1-2H3;3H,1H2,2H3. The third-order valence-electron chi connectivity index (χ3n) is 6.64. The molecule has 1 saturated heterocycles. The van der Waals surface area contributed by atoms with Gasteiger partial charge in [-0.2, -0.15) is 0 Å². The Bertz CT molecular complexity index is 988. The number of aromatic hydroxyl groups is 1. The molecule has 34 heavy (non-hydrogen) atoms.